The lowest BCUT2D eigenvalue weighted by Gasteiger charge is -1.88. The molecule has 3 nitrogen and oxygen atoms in total. The lowest BCUT2D eigenvalue weighted by molar-refractivity contribution is 1.11. The number of hydrogen-bond acceptors (Lipinski definition) is 2. The summed E-state index contributed by atoms with van der Waals surface area (Å²) in [5.74, 6) is 0. The monoisotopic (exact) mass is 136 g/mol. The van der Waals surface area contributed by atoms with E-state index in [1.54, 1.807) is 16.8 Å². The Morgan fingerprint density at radius 2 is 2.70 bits per heavy atom. The summed E-state index contributed by atoms with van der Waals surface area (Å²) in [6.45, 7) is -2.17. The highest BCUT2D eigenvalue weighted by Crippen LogP contribution is 2.03. The van der Waals surface area contributed by atoms with Crippen LogP contribution in [-0.2, 0) is 0 Å². The van der Waals surface area contributed by atoms with Crippen molar-refractivity contribution in [1.82, 2.24) is 14.4 Å². The van der Waals surface area contributed by atoms with Crippen molar-refractivity contribution in [2.75, 3.05) is 0 Å². The molecular formula is C7H7N3. The Hall–Kier alpha value is -1.38. The Kier molecular flexibility index (Phi) is 0.566. The molecule has 2 aromatic rings. The largest absolute Gasteiger partial charge is 0.303 e. The van der Waals surface area contributed by atoms with Crippen molar-refractivity contribution in [3.05, 3.63) is 30.6 Å². The quantitative estimate of drug-likeness (QED) is 0.541. The predicted octanol–water partition coefficient (Wildman–Crippen LogP) is 1.04. The molecular weight excluding hydrogens is 126 g/mol. The number of imidazole rings is 1. The van der Waals surface area contributed by atoms with Crippen LogP contribution in [0.2, 0.25) is 0 Å². The van der Waals surface area contributed by atoms with Crippen molar-refractivity contribution in [1.29, 1.82) is 0 Å². The van der Waals surface area contributed by atoms with Gasteiger partial charge in [0.25, 0.3) is 0 Å². The maximum Gasteiger partial charge on any atom is 0.0996 e. The first-order valence-electron chi connectivity index (χ1n) is 4.36. The molecule has 2 aromatic heterocycles. The van der Waals surface area contributed by atoms with Crippen LogP contribution in [0.3, 0.4) is 0 Å². The highest BCUT2D eigenvalue weighted by atomic mass is 15.0. The number of aromatic nitrogens is 3. The number of fused-ring (bicyclic) bond motifs is 1. The molecule has 3 heteroatoms. The summed E-state index contributed by atoms with van der Waals surface area (Å²) in [4.78, 5) is 7.68. The normalized spacial score (nSPS) is 16.2. The van der Waals surface area contributed by atoms with E-state index in [2.05, 4.69) is 9.97 Å². The summed E-state index contributed by atoms with van der Waals surface area (Å²) in [5, 5.41) is 0. The van der Waals surface area contributed by atoms with Gasteiger partial charge in [0, 0.05) is 16.5 Å². The summed E-state index contributed by atoms with van der Waals surface area (Å²) in [5.41, 5.74) is 0.628. The molecule has 0 bridgehead atoms. The van der Waals surface area contributed by atoms with Crippen molar-refractivity contribution in [3.8, 4) is 0 Å². The highest BCUT2D eigenvalue weighted by Gasteiger charge is 1.95. The zero-order valence-electron chi connectivity index (χ0n) is 8.15. The third-order valence-corrected chi connectivity index (χ3v) is 1.34. The minimum Gasteiger partial charge on any atom is -0.303 e. The van der Waals surface area contributed by atoms with Crippen molar-refractivity contribution in [2.24, 2.45) is 0 Å². The van der Waals surface area contributed by atoms with Gasteiger partial charge < -0.3 is 4.40 Å². The van der Waals surface area contributed by atoms with Gasteiger partial charge in [-0.05, 0) is 6.85 Å². The average Bonchev–Trinajstić information content (AvgIpc) is 2.45. The van der Waals surface area contributed by atoms with Crippen molar-refractivity contribution in [2.45, 2.75) is 6.85 Å². The van der Waals surface area contributed by atoms with E-state index in [1.165, 1.54) is 12.5 Å². The van der Waals surface area contributed by atoms with Crippen LogP contribution in [0.15, 0.2) is 24.9 Å². The van der Waals surface area contributed by atoms with Gasteiger partial charge in [0.1, 0.15) is 0 Å². The molecule has 0 aliphatic carbocycles. The van der Waals surface area contributed by atoms with Gasteiger partial charge in [-0.1, -0.05) is 0 Å². The molecule has 0 spiro atoms. The Morgan fingerprint density at radius 3 is 3.60 bits per heavy atom. The fraction of sp³-hybridized carbons (Fsp3) is 0.143. The van der Waals surface area contributed by atoms with E-state index >= 15 is 0 Å². The van der Waals surface area contributed by atoms with Crippen LogP contribution >= 0.6 is 0 Å². The Balaban J connectivity index is 2.72. The van der Waals surface area contributed by atoms with Crippen molar-refractivity contribution < 1.29 is 4.11 Å². The Morgan fingerprint density at radius 1 is 1.70 bits per heavy atom. The van der Waals surface area contributed by atoms with E-state index in [9.17, 15) is 0 Å². The molecule has 2 rings (SSSR count). The zero-order valence-corrected chi connectivity index (χ0v) is 5.15. The molecule has 0 fully saturated rings. The molecule has 10 heavy (non-hydrogen) atoms. The van der Waals surface area contributed by atoms with Gasteiger partial charge in [0.05, 0.1) is 23.7 Å². The van der Waals surface area contributed by atoms with E-state index in [4.69, 9.17) is 4.11 Å². The molecule has 0 unspecified atom stereocenters. The van der Waals surface area contributed by atoms with Crippen LogP contribution < -0.4 is 0 Å². The van der Waals surface area contributed by atoms with Gasteiger partial charge >= 0.3 is 0 Å². The lowest BCUT2D eigenvalue weighted by atomic mass is 10.4. The third kappa shape index (κ3) is 0.603. The summed E-state index contributed by atoms with van der Waals surface area (Å²) in [6, 6.07) is 0. The van der Waals surface area contributed by atoms with Crippen LogP contribution in [0.1, 0.15) is 9.81 Å². The summed E-state index contributed by atoms with van der Waals surface area (Å²) in [6.07, 6.45) is 6.21. The van der Waals surface area contributed by atoms with E-state index in [0.29, 0.717) is 5.52 Å². The minimum absolute atomic E-state index is 0.0978. The summed E-state index contributed by atoms with van der Waals surface area (Å²) in [7, 11) is 0. The molecule has 0 amide bonds. The second-order valence-corrected chi connectivity index (χ2v) is 1.96. The molecule has 0 atom stereocenters. The van der Waals surface area contributed by atoms with Crippen LogP contribution in [0.5, 0.6) is 0 Å². The molecule has 0 radical (unpaired) electrons. The van der Waals surface area contributed by atoms with E-state index in [0.717, 1.165) is 0 Å². The van der Waals surface area contributed by atoms with Gasteiger partial charge in [-0.3, -0.25) is 4.98 Å². The SMILES string of the molecule is [2H]C([2H])([2H])c1ncn2ccncc12. The summed E-state index contributed by atoms with van der Waals surface area (Å²) < 4.78 is 23.2. The molecule has 0 saturated heterocycles. The van der Waals surface area contributed by atoms with Crippen molar-refractivity contribution >= 4 is 5.52 Å². The van der Waals surface area contributed by atoms with Crippen LogP contribution in [0.25, 0.3) is 5.52 Å². The molecule has 0 saturated carbocycles. The molecule has 2 heterocycles. The number of nitrogens with zero attached hydrogens (tertiary/aromatic N) is 3. The Labute approximate surface area is 62.6 Å². The first-order chi connectivity index (χ1) is 6.09. The maximum atomic E-state index is 7.20. The van der Waals surface area contributed by atoms with Crippen LogP contribution in [0.4, 0.5) is 0 Å². The van der Waals surface area contributed by atoms with E-state index < -0.39 is 6.85 Å². The maximum absolute atomic E-state index is 7.20. The van der Waals surface area contributed by atoms with Crippen molar-refractivity contribution in [3.63, 3.8) is 0 Å². The second kappa shape index (κ2) is 1.80. The van der Waals surface area contributed by atoms with Gasteiger partial charge in [-0.15, -0.1) is 0 Å². The second-order valence-electron chi connectivity index (χ2n) is 1.96. The number of hydrogen-bond donors (Lipinski definition) is 0. The first-order valence-corrected chi connectivity index (χ1v) is 2.86. The van der Waals surface area contributed by atoms with E-state index in [-0.39, 0.29) is 5.69 Å². The standard InChI is InChI=1S/C7H7N3/c1-6-7-4-8-2-3-10(7)5-9-6/h2-5H,1H3/i1D3. The average molecular weight is 136 g/mol. The fourth-order valence-corrected chi connectivity index (χ4v) is 0.841. The smallest absolute Gasteiger partial charge is 0.0996 e. The van der Waals surface area contributed by atoms with Gasteiger partial charge in [0.15, 0.2) is 0 Å². The zero-order chi connectivity index (χ0) is 9.47. The first kappa shape index (κ1) is 3.14. The number of rotatable bonds is 0. The number of aryl methyl sites for hydroxylation is 1. The topological polar surface area (TPSA) is 30.2 Å². The molecule has 0 N–H and O–H groups in total. The third-order valence-electron chi connectivity index (χ3n) is 1.34. The highest BCUT2D eigenvalue weighted by molar-refractivity contribution is 5.48. The van der Waals surface area contributed by atoms with Gasteiger partial charge in [0.2, 0.25) is 0 Å². The minimum atomic E-state index is -2.17. The van der Waals surface area contributed by atoms with Crippen LogP contribution in [-0.4, -0.2) is 14.4 Å². The fourth-order valence-electron chi connectivity index (χ4n) is 0.841. The van der Waals surface area contributed by atoms with E-state index in [1.807, 2.05) is 0 Å². The lowest BCUT2D eigenvalue weighted by Crippen LogP contribution is -1.81. The molecule has 0 aliphatic rings. The van der Waals surface area contributed by atoms with Crippen LogP contribution in [0, 0.1) is 6.85 Å². The van der Waals surface area contributed by atoms with Gasteiger partial charge in [-0.2, -0.15) is 0 Å². The predicted molar refractivity (Wildman–Crippen MR) is 37.7 cm³/mol. The van der Waals surface area contributed by atoms with Gasteiger partial charge in [-0.25, -0.2) is 4.98 Å². The molecule has 0 aliphatic heterocycles. The molecule has 0 aromatic carbocycles. The summed E-state index contributed by atoms with van der Waals surface area (Å²) >= 11 is 0. The Bertz CT molecular complexity index is 432. The molecule has 50 valence electrons.